The van der Waals surface area contributed by atoms with Gasteiger partial charge in [0, 0.05) is 32.9 Å². The van der Waals surface area contributed by atoms with Crippen LogP contribution in [0.25, 0.3) is 0 Å². The first-order valence-electron chi connectivity index (χ1n) is 6.44. The molecule has 0 bridgehead atoms. The molecule has 1 saturated heterocycles. The fraction of sp³-hybridized carbons (Fsp3) is 0.538. The van der Waals surface area contributed by atoms with Crippen molar-refractivity contribution >= 4 is 17.6 Å². The Morgan fingerprint density at radius 1 is 1.53 bits per heavy atom. The summed E-state index contributed by atoms with van der Waals surface area (Å²) in [6.45, 7) is 2.32. The largest absolute Gasteiger partial charge is 0.376 e. The summed E-state index contributed by atoms with van der Waals surface area (Å²) in [5, 5.41) is 6.99. The number of guanidine groups is 1. The Hall–Kier alpha value is -1.33. The molecule has 1 atom stereocenters. The fourth-order valence-electron chi connectivity index (χ4n) is 1.93. The highest BCUT2D eigenvalue weighted by molar-refractivity contribution is 6.29. The zero-order valence-corrected chi connectivity index (χ0v) is 11.8. The molecule has 2 rings (SSSR count). The molecule has 1 fully saturated rings. The van der Waals surface area contributed by atoms with E-state index in [1.807, 2.05) is 6.07 Å². The minimum absolute atomic E-state index is 0.302. The average Bonchev–Trinajstić information content (AvgIpc) is 2.94. The number of nitrogens with zero attached hydrogens (tertiary/aromatic N) is 2. The molecule has 1 aromatic heterocycles. The summed E-state index contributed by atoms with van der Waals surface area (Å²) in [5.41, 5.74) is 1.06. The van der Waals surface area contributed by atoms with Crippen LogP contribution in [-0.4, -0.2) is 37.2 Å². The molecule has 2 N–H and O–H groups in total. The molecular formula is C13H19ClN4O. The third kappa shape index (κ3) is 4.69. The van der Waals surface area contributed by atoms with Crippen molar-refractivity contribution < 1.29 is 4.74 Å². The number of halogens is 1. The van der Waals surface area contributed by atoms with Crippen LogP contribution in [0, 0.1) is 0 Å². The Morgan fingerprint density at radius 2 is 2.42 bits per heavy atom. The normalized spacial score (nSPS) is 19.5. The van der Waals surface area contributed by atoms with Crippen molar-refractivity contribution in [2.45, 2.75) is 25.5 Å². The summed E-state index contributed by atoms with van der Waals surface area (Å²) in [6, 6.07) is 3.72. The molecule has 6 heteroatoms. The van der Waals surface area contributed by atoms with Crippen LogP contribution in [0.1, 0.15) is 18.4 Å². The van der Waals surface area contributed by atoms with Gasteiger partial charge in [0.1, 0.15) is 5.15 Å². The Kier molecular flexibility index (Phi) is 5.42. The smallest absolute Gasteiger partial charge is 0.191 e. The lowest BCUT2D eigenvalue weighted by Crippen LogP contribution is -2.40. The fourth-order valence-corrected chi connectivity index (χ4v) is 2.05. The second kappa shape index (κ2) is 7.31. The predicted molar refractivity (Wildman–Crippen MR) is 76.4 cm³/mol. The number of hydrogen-bond acceptors (Lipinski definition) is 3. The highest BCUT2D eigenvalue weighted by Gasteiger charge is 2.15. The first kappa shape index (κ1) is 14.1. The maximum Gasteiger partial charge on any atom is 0.191 e. The number of ether oxygens (including phenoxy) is 1. The van der Waals surface area contributed by atoms with Crippen molar-refractivity contribution in [1.29, 1.82) is 0 Å². The first-order valence-corrected chi connectivity index (χ1v) is 6.82. The zero-order chi connectivity index (χ0) is 13.5. The Morgan fingerprint density at radius 3 is 3.05 bits per heavy atom. The van der Waals surface area contributed by atoms with Gasteiger partial charge < -0.3 is 15.4 Å². The van der Waals surface area contributed by atoms with Crippen molar-refractivity contribution in [2.75, 3.05) is 20.2 Å². The van der Waals surface area contributed by atoms with Crippen LogP contribution in [-0.2, 0) is 11.3 Å². The van der Waals surface area contributed by atoms with Crippen molar-refractivity contribution in [3.8, 4) is 0 Å². The molecule has 19 heavy (non-hydrogen) atoms. The third-order valence-corrected chi connectivity index (χ3v) is 3.22. The first-order chi connectivity index (χ1) is 9.28. The van der Waals surface area contributed by atoms with Gasteiger partial charge in [-0.1, -0.05) is 17.7 Å². The molecule has 0 aliphatic carbocycles. The molecule has 5 nitrogen and oxygen atoms in total. The zero-order valence-electron chi connectivity index (χ0n) is 11.0. The van der Waals surface area contributed by atoms with E-state index in [4.69, 9.17) is 16.3 Å². The molecule has 1 unspecified atom stereocenters. The molecule has 0 saturated carbocycles. The van der Waals surface area contributed by atoms with Gasteiger partial charge in [0.25, 0.3) is 0 Å². The van der Waals surface area contributed by atoms with Crippen molar-refractivity contribution in [3.05, 3.63) is 29.0 Å². The number of hydrogen-bond donors (Lipinski definition) is 2. The Balaban J connectivity index is 1.74. The summed E-state index contributed by atoms with van der Waals surface area (Å²) < 4.78 is 5.55. The summed E-state index contributed by atoms with van der Waals surface area (Å²) in [7, 11) is 1.75. The summed E-state index contributed by atoms with van der Waals surface area (Å²) >= 11 is 5.74. The second-order valence-corrected chi connectivity index (χ2v) is 4.82. The molecule has 1 aromatic rings. The van der Waals surface area contributed by atoms with Gasteiger partial charge in [0.05, 0.1) is 6.10 Å². The van der Waals surface area contributed by atoms with E-state index in [9.17, 15) is 0 Å². The average molecular weight is 283 g/mol. The SMILES string of the molecule is CN=C(NCc1ccc(Cl)nc1)NCC1CCCO1. The molecular weight excluding hydrogens is 264 g/mol. The van der Waals surface area contributed by atoms with Crippen molar-refractivity contribution in [1.82, 2.24) is 15.6 Å². The van der Waals surface area contributed by atoms with Gasteiger partial charge in [-0.2, -0.15) is 0 Å². The van der Waals surface area contributed by atoms with E-state index in [1.165, 1.54) is 0 Å². The lowest BCUT2D eigenvalue weighted by Gasteiger charge is -2.15. The van der Waals surface area contributed by atoms with E-state index >= 15 is 0 Å². The highest BCUT2D eigenvalue weighted by atomic mass is 35.5. The topological polar surface area (TPSA) is 58.5 Å². The van der Waals surface area contributed by atoms with Crippen LogP contribution >= 0.6 is 11.6 Å². The highest BCUT2D eigenvalue weighted by Crippen LogP contribution is 2.10. The van der Waals surface area contributed by atoms with E-state index in [0.717, 1.165) is 37.5 Å². The molecule has 1 aliphatic heterocycles. The molecule has 0 aromatic carbocycles. The van der Waals surface area contributed by atoms with Crippen LogP contribution < -0.4 is 10.6 Å². The second-order valence-electron chi connectivity index (χ2n) is 4.43. The molecule has 1 aliphatic rings. The number of pyridine rings is 1. The summed E-state index contributed by atoms with van der Waals surface area (Å²) in [4.78, 5) is 8.21. The maximum absolute atomic E-state index is 5.74. The van der Waals surface area contributed by atoms with Gasteiger partial charge in [-0.05, 0) is 24.5 Å². The molecule has 0 spiro atoms. The van der Waals surface area contributed by atoms with Gasteiger partial charge in [-0.3, -0.25) is 4.99 Å². The number of aromatic nitrogens is 1. The number of nitrogens with one attached hydrogen (secondary N) is 2. The van der Waals surface area contributed by atoms with Crippen LogP contribution in [0.5, 0.6) is 0 Å². The van der Waals surface area contributed by atoms with Gasteiger partial charge in [-0.15, -0.1) is 0 Å². The van der Waals surface area contributed by atoms with Crippen LogP contribution in [0.15, 0.2) is 23.3 Å². The van der Waals surface area contributed by atoms with Crippen molar-refractivity contribution in [2.24, 2.45) is 4.99 Å². The Labute approximate surface area is 118 Å². The molecule has 0 radical (unpaired) electrons. The summed E-state index contributed by atoms with van der Waals surface area (Å²) in [6.07, 6.45) is 4.32. The minimum atomic E-state index is 0.302. The van der Waals surface area contributed by atoms with E-state index in [-0.39, 0.29) is 0 Å². The molecule has 104 valence electrons. The number of aliphatic imine (C=N–C) groups is 1. The molecule has 2 heterocycles. The van der Waals surface area contributed by atoms with Gasteiger partial charge in [-0.25, -0.2) is 4.98 Å². The van der Waals surface area contributed by atoms with E-state index in [1.54, 1.807) is 19.3 Å². The van der Waals surface area contributed by atoms with Gasteiger partial charge in [0.15, 0.2) is 5.96 Å². The maximum atomic E-state index is 5.74. The van der Waals surface area contributed by atoms with Gasteiger partial charge >= 0.3 is 0 Å². The van der Waals surface area contributed by atoms with E-state index in [2.05, 4.69) is 20.6 Å². The van der Waals surface area contributed by atoms with Crippen LogP contribution in [0.3, 0.4) is 0 Å². The van der Waals surface area contributed by atoms with E-state index in [0.29, 0.717) is 17.8 Å². The van der Waals surface area contributed by atoms with Crippen LogP contribution in [0.4, 0.5) is 0 Å². The lowest BCUT2D eigenvalue weighted by atomic mass is 10.2. The summed E-state index contributed by atoms with van der Waals surface area (Å²) in [5.74, 6) is 0.769. The standard InChI is InChI=1S/C13H19ClN4O/c1-15-13(18-9-11-3-2-6-19-11)17-8-10-4-5-12(14)16-7-10/h4-5,7,11H,2-3,6,8-9H2,1H3,(H2,15,17,18). The quantitative estimate of drug-likeness (QED) is 0.500. The van der Waals surface area contributed by atoms with E-state index < -0.39 is 0 Å². The van der Waals surface area contributed by atoms with Crippen molar-refractivity contribution in [3.63, 3.8) is 0 Å². The lowest BCUT2D eigenvalue weighted by molar-refractivity contribution is 0.114. The number of rotatable bonds is 4. The monoisotopic (exact) mass is 282 g/mol. The van der Waals surface area contributed by atoms with Crippen LogP contribution in [0.2, 0.25) is 5.15 Å². The third-order valence-electron chi connectivity index (χ3n) is 2.99. The Bertz CT molecular complexity index is 415. The molecule has 0 amide bonds. The minimum Gasteiger partial charge on any atom is -0.376 e. The predicted octanol–water partition coefficient (Wildman–Crippen LogP) is 1.58. The van der Waals surface area contributed by atoms with Gasteiger partial charge in [0.2, 0.25) is 0 Å².